The molecule has 0 nitrogen and oxygen atoms in total. The molecule has 0 saturated heterocycles. The predicted molar refractivity (Wildman–Crippen MR) is 33.2 cm³/mol. The molecular formula is C6H12. The van der Waals surface area contributed by atoms with Crippen LogP contribution in [0.15, 0.2) is 0 Å². The second-order valence-corrected chi connectivity index (χ2v) is 0. The molecule has 0 rings (SSSR count). The summed E-state index contributed by atoms with van der Waals surface area (Å²) in [5.41, 5.74) is 0. The Bertz CT molecular complexity index is 15.5. The molecule has 0 atom stereocenters. The summed E-state index contributed by atoms with van der Waals surface area (Å²) in [7, 11) is 0. The van der Waals surface area contributed by atoms with Crippen molar-refractivity contribution in [1.29, 1.82) is 0 Å². The molecule has 0 aliphatic heterocycles. The van der Waals surface area contributed by atoms with Gasteiger partial charge in [0.25, 0.3) is 0 Å². The van der Waals surface area contributed by atoms with Crippen LogP contribution in [0, 0.1) is 25.7 Å². The van der Waals surface area contributed by atoms with Crippen LogP contribution in [0.3, 0.4) is 0 Å². The highest BCUT2D eigenvalue weighted by molar-refractivity contribution is 4.47. The molecule has 0 aromatic carbocycles. The van der Waals surface area contributed by atoms with Gasteiger partial charge in [0.15, 0.2) is 0 Å². The summed E-state index contributed by atoms with van der Waals surface area (Å²) < 4.78 is 0. The average molecular weight is 84.2 g/mol. The highest BCUT2D eigenvalue weighted by Crippen LogP contribution is 0.581. The van der Waals surface area contributed by atoms with E-state index in [1.165, 1.54) is 0 Å². The second-order valence-electron chi connectivity index (χ2n) is 0. The van der Waals surface area contributed by atoms with E-state index in [0.717, 1.165) is 0 Å². The zero-order chi connectivity index (χ0) is 4.00. The Hall–Kier alpha value is -0.880. The molecule has 0 N–H and O–H groups in total. The van der Waals surface area contributed by atoms with E-state index in [-0.39, 0.29) is 14.9 Å². The maximum Gasteiger partial charge on any atom is -0.0776 e. The Kier molecular flexibility index (Phi) is 598. The van der Waals surface area contributed by atoms with Crippen LogP contribution >= 0.6 is 0 Å². The smallest absolute Gasteiger partial charge is 0.0776 e. The van der Waals surface area contributed by atoms with Gasteiger partial charge in [0.2, 0.25) is 0 Å². The lowest BCUT2D eigenvalue weighted by atomic mass is 11.4. The molecule has 0 heteroatoms. The molecular weight excluding hydrogens is 72.1 g/mol. The van der Waals surface area contributed by atoms with Crippen LogP contribution in [0.25, 0.3) is 0 Å². The van der Waals surface area contributed by atoms with Crippen molar-refractivity contribution in [2.24, 2.45) is 0 Å². The fourth-order valence-electron chi connectivity index (χ4n) is 0. The van der Waals surface area contributed by atoms with Gasteiger partial charge in [-0.2, -0.15) is 0 Å². The zero-order valence-corrected chi connectivity index (χ0v) is 2.31. The van der Waals surface area contributed by atoms with Gasteiger partial charge < -0.3 is 0 Å². The normalized spacial score (nSPS) is 0.667. The van der Waals surface area contributed by atoms with Crippen molar-refractivity contribution in [1.82, 2.24) is 0 Å². The van der Waals surface area contributed by atoms with E-state index in [0.29, 0.717) is 0 Å². The van der Waals surface area contributed by atoms with Crippen molar-refractivity contribution in [2.45, 2.75) is 14.9 Å². The number of terminal acetylenes is 2. The van der Waals surface area contributed by atoms with Gasteiger partial charge >= 0.3 is 0 Å². The molecule has 0 fully saturated rings. The first-order chi connectivity index (χ1) is 2.00. The van der Waals surface area contributed by atoms with Gasteiger partial charge in [-0.3, -0.25) is 0 Å². The van der Waals surface area contributed by atoms with Crippen LogP contribution in [0.1, 0.15) is 14.9 Å². The largest absolute Gasteiger partial charge is 0.124 e. The molecule has 0 radical (unpaired) electrons. The van der Waals surface area contributed by atoms with Gasteiger partial charge in [-0.05, 0) is 0 Å². The number of rotatable bonds is 0. The molecule has 0 saturated carbocycles. The van der Waals surface area contributed by atoms with E-state index in [2.05, 4.69) is 25.7 Å². The van der Waals surface area contributed by atoms with Crippen LogP contribution in [-0.4, -0.2) is 0 Å². The van der Waals surface area contributed by atoms with Crippen LogP contribution in [0.2, 0.25) is 0 Å². The van der Waals surface area contributed by atoms with Gasteiger partial charge in [0.05, 0.1) is 0 Å². The molecule has 6 heavy (non-hydrogen) atoms. The fraction of sp³-hybridized carbons (Fsp3) is 0.333. The van der Waals surface area contributed by atoms with E-state index >= 15 is 0 Å². The molecule has 0 spiro atoms. The molecule has 0 unspecified atom stereocenters. The van der Waals surface area contributed by atoms with E-state index in [1.807, 2.05) is 0 Å². The zero-order valence-electron chi connectivity index (χ0n) is 2.31. The lowest BCUT2D eigenvalue weighted by Gasteiger charge is -0.701. The number of hydrogen-bond donors (Lipinski definition) is 0. The van der Waals surface area contributed by atoms with E-state index < -0.39 is 0 Å². The van der Waals surface area contributed by atoms with Gasteiger partial charge in [0, 0.05) is 0 Å². The summed E-state index contributed by atoms with van der Waals surface area (Å²) in [6.45, 7) is 0. The van der Waals surface area contributed by atoms with Gasteiger partial charge in [-0.25, -0.2) is 0 Å². The van der Waals surface area contributed by atoms with E-state index in [9.17, 15) is 0 Å². The Morgan fingerprint density at radius 1 is 0.500 bits per heavy atom. The van der Waals surface area contributed by atoms with Crippen molar-refractivity contribution in [2.75, 3.05) is 0 Å². The minimum Gasteiger partial charge on any atom is -0.124 e. The third-order valence-electron chi connectivity index (χ3n) is 0. The van der Waals surface area contributed by atoms with Crippen LogP contribution < -0.4 is 0 Å². The fourth-order valence-corrected chi connectivity index (χ4v) is 0. The summed E-state index contributed by atoms with van der Waals surface area (Å²) in [4.78, 5) is 0. The van der Waals surface area contributed by atoms with Gasteiger partial charge in [-0.1, -0.05) is 14.9 Å². The monoisotopic (exact) mass is 84.1 g/mol. The van der Waals surface area contributed by atoms with Crippen molar-refractivity contribution >= 4 is 0 Å². The third kappa shape index (κ3) is 18.1. The summed E-state index contributed by atoms with van der Waals surface area (Å²) in [6.07, 6.45) is 16.0. The van der Waals surface area contributed by atoms with E-state index in [1.54, 1.807) is 0 Å². The summed E-state index contributed by atoms with van der Waals surface area (Å²) in [5.74, 6) is 0. The minimum absolute atomic E-state index is 0. The topological polar surface area (TPSA) is 0 Å². The van der Waals surface area contributed by atoms with Gasteiger partial charge in [-0.15, -0.1) is 25.7 Å². The number of hydrogen-bond acceptors (Lipinski definition) is 0. The molecule has 0 aromatic heterocycles. The third-order valence-corrected chi connectivity index (χ3v) is 0. The average Bonchev–Trinajstić information content (AvgIpc) is 1.50. The van der Waals surface area contributed by atoms with Crippen LogP contribution in [0.5, 0.6) is 0 Å². The first-order valence-corrected chi connectivity index (χ1v) is 0.667. The SMILES string of the molecule is C.C.C#C.C#C. The maximum absolute atomic E-state index is 4.00. The van der Waals surface area contributed by atoms with Gasteiger partial charge in [0.1, 0.15) is 0 Å². The molecule has 0 amide bonds. The molecule has 36 valence electrons. The standard InChI is InChI=1S/2C2H2.2CH4/c2*1-2;;/h2*1-2H;2*1H4. The van der Waals surface area contributed by atoms with Crippen molar-refractivity contribution < 1.29 is 0 Å². The van der Waals surface area contributed by atoms with Crippen molar-refractivity contribution in [3.63, 3.8) is 0 Å². The summed E-state index contributed by atoms with van der Waals surface area (Å²) >= 11 is 0. The molecule has 0 bridgehead atoms. The first kappa shape index (κ1) is 69.3. The molecule has 0 aromatic rings. The second kappa shape index (κ2) is 51.8. The summed E-state index contributed by atoms with van der Waals surface area (Å²) in [6, 6.07) is 0. The van der Waals surface area contributed by atoms with Crippen molar-refractivity contribution in [3.05, 3.63) is 0 Å². The Morgan fingerprint density at radius 2 is 0.500 bits per heavy atom. The van der Waals surface area contributed by atoms with E-state index in [4.69, 9.17) is 0 Å². The highest BCUT2D eigenvalue weighted by atomic mass is 12.6. The lowest BCUT2D eigenvalue weighted by Crippen LogP contribution is -0.576. The van der Waals surface area contributed by atoms with Crippen LogP contribution in [-0.2, 0) is 0 Å². The van der Waals surface area contributed by atoms with Crippen molar-refractivity contribution in [3.8, 4) is 25.7 Å². The lowest BCUT2D eigenvalue weighted by molar-refractivity contribution is 2.50. The Labute approximate surface area is 41.6 Å². The summed E-state index contributed by atoms with van der Waals surface area (Å²) in [5, 5.41) is 0. The quantitative estimate of drug-likeness (QED) is 0.392. The molecule has 0 heterocycles. The molecule has 0 aliphatic carbocycles. The highest BCUT2D eigenvalue weighted by Gasteiger charge is 0.456. The predicted octanol–water partition coefficient (Wildman–Crippen LogP) is 1.77. The molecule has 0 aliphatic rings. The first-order valence-electron chi connectivity index (χ1n) is 0.667. The maximum atomic E-state index is 4.00. The van der Waals surface area contributed by atoms with Crippen LogP contribution in [0.4, 0.5) is 0 Å². The minimum atomic E-state index is 0. The Morgan fingerprint density at radius 3 is 0.500 bits per heavy atom. The Balaban J connectivity index is -0.00000000500.